The molecule has 1 aliphatic rings. The zero-order chi connectivity index (χ0) is 23.4. The normalized spacial score (nSPS) is 15.4. The Morgan fingerprint density at radius 3 is 2.61 bits per heavy atom. The summed E-state index contributed by atoms with van der Waals surface area (Å²) in [6.45, 7) is 2.20. The van der Waals surface area contributed by atoms with Gasteiger partial charge >= 0.3 is 0 Å². The second kappa shape index (κ2) is 9.65. The van der Waals surface area contributed by atoms with Crippen LogP contribution < -0.4 is 15.5 Å². The number of nitrogens with one attached hydrogen (secondary N) is 2. The second-order valence-electron chi connectivity index (χ2n) is 8.09. The summed E-state index contributed by atoms with van der Waals surface area (Å²) in [6, 6.07) is 20.5. The zero-order valence-electron chi connectivity index (χ0n) is 18.2. The van der Waals surface area contributed by atoms with Crippen molar-refractivity contribution in [3.8, 4) is 0 Å². The fourth-order valence-electron chi connectivity index (χ4n) is 3.84. The summed E-state index contributed by atoms with van der Waals surface area (Å²) in [5, 5.41) is 5.57. The van der Waals surface area contributed by atoms with E-state index >= 15 is 0 Å². The van der Waals surface area contributed by atoms with Gasteiger partial charge < -0.3 is 15.5 Å². The molecule has 0 saturated carbocycles. The predicted octanol–water partition coefficient (Wildman–Crippen LogP) is 4.06. The Balaban J connectivity index is 1.41. The molecule has 0 unspecified atom stereocenters. The summed E-state index contributed by atoms with van der Waals surface area (Å²) in [5.41, 5.74) is 3.08. The number of hydrogen-bond donors (Lipinski definition) is 2. The van der Waals surface area contributed by atoms with Gasteiger partial charge in [-0.1, -0.05) is 36.4 Å². The van der Waals surface area contributed by atoms with E-state index in [9.17, 15) is 18.8 Å². The monoisotopic (exact) mass is 445 g/mol. The number of carbonyl (C=O) groups is 3. The van der Waals surface area contributed by atoms with Gasteiger partial charge in [-0.15, -0.1) is 0 Å². The van der Waals surface area contributed by atoms with Crippen LogP contribution in [0.3, 0.4) is 0 Å². The number of hydrogen-bond acceptors (Lipinski definition) is 3. The number of halogens is 1. The third-order valence-corrected chi connectivity index (χ3v) is 5.60. The summed E-state index contributed by atoms with van der Waals surface area (Å²) in [7, 11) is 0. The molecule has 7 heteroatoms. The molecule has 1 aliphatic heterocycles. The highest BCUT2D eigenvalue weighted by Crippen LogP contribution is 2.26. The number of aryl methyl sites for hydroxylation is 1. The Labute approximate surface area is 191 Å². The summed E-state index contributed by atoms with van der Waals surface area (Å²) >= 11 is 0. The van der Waals surface area contributed by atoms with E-state index in [1.54, 1.807) is 42.5 Å². The molecule has 1 saturated heterocycles. The van der Waals surface area contributed by atoms with Crippen molar-refractivity contribution in [2.45, 2.75) is 19.9 Å². The largest absolute Gasteiger partial charge is 0.352 e. The fraction of sp³-hybridized carbons (Fsp3) is 0.192. The maximum absolute atomic E-state index is 13.8. The van der Waals surface area contributed by atoms with Gasteiger partial charge in [0, 0.05) is 42.0 Å². The molecule has 1 fully saturated rings. The zero-order valence-corrected chi connectivity index (χ0v) is 18.2. The van der Waals surface area contributed by atoms with E-state index in [-0.39, 0.29) is 43.0 Å². The Morgan fingerprint density at radius 2 is 1.82 bits per heavy atom. The minimum Gasteiger partial charge on any atom is -0.352 e. The third-order valence-electron chi connectivity index (χ3n) is 5.60. The Kier molecular flexibility index (Phi) is 6.49. The lowest BCUT2D eigenvalue weighted by Crippen LogP contribution is -2.32. The van der Waals surface area contributed by atoms with Crippen LogP contribution in [0.1, 0.15) is 27.9 Å². The van der Waals surface area contributed by atoms with E-state index in [0.717, 1.165) is 5.56 Å². The van der Waals surface area contributed by atoms with Crippen LogP contribution in [0.4, 0.5) is 15.8 Å². The van der Waals surface area contributed by atoms with Crippen LogP contribution in [0.15, 0.2) is 72.8 Å². The molecule has 0 bridgehead atoms. The van der Waals surface area contributed by atoms with Crippen molar-refractivity contribution in [1.82, 2.24) is 5.32 Å². The van der Waals surface area contributed by atoms with Crippen LogP contribution in [0.5, 0.6) is 0 Å². The van der Waals surface area contributed by atoms with Gasteiger partial charge in [0.05, 0.1) is 5.92 Å². The van der Waals surface area contributed by atoms with E-state index in [1.807, 2.05) is 31.2 Å². The quantitative estimate of drug-likeness (QED) is 0.601. The highest BCUT2D eigenvalue weighted by Gasteiger charge is 2.35. The van der Waals surface area contributed by atoms with Crippen LogP contribution in [-0.4, -0.2) is 24.3 Å². The molecule has 2 N–H and O–H groups in total. The van der Waals surface area contributed by atoms with Crippen molar-refractivity contribution in [3.63, 3.8) is 0 Å². The van der Waals surface area contributed by atoms with Gasteiger partial charge in [-0.05, 0) is 48.9 Å². The smallest absolute Gasteiger partial charge is 0.255 e. The van der Waals surface area contributed by atoms with Crippen molar-refractivity contribution in [2.24, 2.45) is 5.92 Å². The second-order valence-corrected chi connectivity index (χ2v) is 8.09. The van der Waals surface area contributed by atoms with Crippen molar-refractivity contribution in [3.05, 3.63) is 95.3 Å². The summed E-state index contributed by atoms with van der Waals surface area (Å²) in [4.78, 5) is 39.4. The molecule has 6 nitrogen and oxygen atoms in total. The summed E-state index contributed by atoms with van der Waals surface area (Å²) < 4.78 is 13.8. The maximum Gasteiger partial charge on any atom is 0.255 e. The topological polar surface area (TPSA) is 78.5 Å². The summed E-state index contributed by atoms with van der Waals surface area (Å²) in [5.74, 6) is -1.72. The molecule has 0 radical (unpaired) electrons. The summed E-state index contributed by atoms with van der Waals surface area (Å²) in [6.07, 6.45) is 0.0584. The van der Waals surface area contributed by atoms with Gasteiger partial charge in [0.1, 0.15) is 5.82 Å². The van der Waals surface area contributed by atoms with Crippen LogP contribution in [0.25, 0.3) is 0 Å². The fourth-order valence-corrected chi connectivity index (χ4v) is 3.84. The molecule has 168 valence electrons. The van der Waals surface area contributed by atoms with Crippen LogP contribution in [0.2, 0.25) is 0 Å². The van der Waals surface area contributed by atoms with Gasteiger partial charge in [-0.25, -0.2) is 4.39 Å². The Morgan fingerprint density at radius 1 is 1.03 bits per heavy atom. The minimum absolute atomic E-state index is 0.0584. The Hall–Kier alpha value is -4.00. The first-order valence-corrected chi connectivity index (χ1v) is 10.7. The first-order chi connectivity index (χ1) is 15.9. The van der Waals surface area contributed by atoms with E-state index < -0.39 is 5.92 Å². The van der Waals surface area contributed by atoms with Crippen LogP contribution in [0, 0.1) is 18.7 Å². The van der Waals surface area contributed by atoms with Gasteiger partial charge in [0.2, 0.25) is 11.8 Å². The number of carbonyl (C=O) groups excluding carboxylic acids is 3. The SMILES string of the molecule is Cc1cccc(NC(=O)c2cccc(N3C[C@H](C(=O)NCc4ccccc4F)CC3=O)c2)c1. The van der Waals surface area contributed by atoms with E-state index in [0.29, 0.717) is 22.5 Å². The molecular weight excluding hydrogens is 421 g/mol. The standard InChI is InChI=1S/C26H24FN3O3/c1-17-6-4-9-21(12-17)29-26(33)18-8-5-10-22(13-18)30-16-20(14-24(30)31)25(32)28-15-19-7-2-3-11-23(19)27/h2-13,20H,14-16H2,1H3,(H,28,32)(H,29,33)/t20-/m1/s1. The molecule has 33 heavy (non-hydrogen) atoms. The lowest BCUT2D eigenvalue weighted by molar-refractivity contribution is -0.126. The number of amides is 3. The molecule has 1 atom stereocenters. The predicted molar refractivity (Wildman–Crippen MR) is 124 cm³/mol. The van der Waals surface area contributed by atoms with Crippen molar-refractivity contribution < 1.29 is 18.8 Å². The molecule has 3 amide bonds. The van der Waals surface area contributed by atoms with Gasteiger partial charge in [-0.3, -0.25) is 14.4 Å². The number of benzene rings is 3. The number of rotatable bonds is 6. The van der Waals surface area contributed by atoms with Crippen molar-refractivity contribution in [2.75, 3.05) is 16.8 Å². The first-order valence-electron chi connectivity index (χ1n) is 10.7. The van der Waals surface area contributed by atoms with Crippen LogP contribution in [-0.2, 0) is 16.1 Å². The highest BCUT2D eigenvalue weighted by molar-refractivity contribution is 6.06. The number of anilines is 2. The third kappa shape index (κ3) is 5.26. The van der Waals surface area contributed by atoms with Gasteiger partial charge in [-0.2, -0.15) is 0 Å². The minimum atomic E-state index is -0.547. The van der Waals surface area contributed by atoms with Crippen molar-refractivity contribution >= 4 is 29.1 Å². The molecule has 0 aromatic heterocycles. The van der Waals surface area contributed by atoms with E-state index in [2.05, 4.69) is 10.6 Å². The average Bonchev–Trinajstić information content (AvgIpc) is 3.20. The van der Waals surface area contributed by atoms with Crippen molar-refractivity contribution in [1.29, 1.82) is 0 Å². The van der Waals surface area contributed by atoms with Gasteiger partial charge in [0.25, 0.3) is 5.91 Å². The molecule has 0 aliphatic carbocycles. The molecule has 0 spiro atoms. The highest BCUT2D eigenvalue weighted by atomic mass is 19.1. The molecule has 3 aromatic rings. The van der Waals surface area contributed by atoms with Crippen LogP contribution >= 0.6 is 0 Å². The van der Waals surface area contributed by atoms with Gasteiger partial charge in [0.15, 0.2) is 0 Å². The van der Waals surface area contributed by atoms with E-state index in [4.69, 9.17) is 0 Å². The lowest BCUT2D eigenvalue weighted by atomic mass is 10.1. The van der Waals surface area contributed by atoms with E-state index in [1.165, 1.54) is 11.0 Å². The molecule has 1 heterocycles. The molecule has 4 rings (SSSR count). The number of nitrogens with zero attached hydrogens (tertiary/aromatic N) is 1. The first kappa shape index (κ1) is 22.2. The lowest BCUT2D eigenvalue weighted by Gasteiger charge is -2.18. The average molecular weight is 445 g/mol. The molecule has 3 aromatic carbocycles. The maximum atomic E-state index is 13.8. The Bertz CT molecular complexity index is 1210. The molecular formula is C26H24FN3O3.